The van der Waals surface area contributed by atoms with Crippen molar-refractivity contribution in [2.45, 2.75) is 6.18 Å². The molecule has 1 aliphatic rings. The number of nitrogens with one attached hydrogen (secondary N) is 1. The average molecular weight is 467 g/mol. The van der Waals surface area contributed by atoms with Crippen molar-refractivity contribution < 1.29 is 37.1 Å². The van der Waals surface area contributed by atoms with Gasteiger partial charge in [0.1, 0.15) is 0 Å². The van der Waals surface area contributed by atoms with Crippen molar-refractivity contribution in [3.05, 3.63) is 76.3 Å². The molecule has 166 valence electrons. The molecule has 0 saturated heterocycles. The zero-order valence-electron chi connectivity index (χ0n) is 16.2. The van der Waals surface area contributed by atoms with E-state index in [1.165, 1.54) is 24.3 Å². The molecular formula is C21H14ClF3N2O5. The second-order valence-corrected chi connectivity index (χ2v) is 6.99. The van der Waals surface area contributed by atoms with Crippen LogP contribution in [-0.2, 0) is 15.7 Å². The monoisotopic (exact) mass is 466 g/mol. The summed E-state index contributed by atoms with van der Waals surface area (Å²) in [7, 11) is 0. The Morgan fingerprint density at radius 2 is 1.78 bits per heavy atom. The first kappa shape index (κ1) is 23.0. The second-order valence-electron chi connectivity index (χ2n) is 6.59. The molecule has 1 N–H and O–H groups in total. The van der Waals surface area contributed by atoms with E-state index in [1.807, 2.05) is 0 Å². The van der Waals surface area contributed by atoms with Gasteiger partial charge in [0.15, 0.2) is 6.61 Å². The van der Waals surface area contributed by atoms with E-state index in [2.05, 4.69) is 11.9 Å². The van der Waals surface area contributed by atoms with Crippen LogP contribution in [0, 0.1) is 0 Å². The molecule has 7 nitrogen and oxygen atoms in total. The largest absolute Gasteiger partial charge is 0.452 e. The highest BCUT2D eigenvalue weighted by Crippen LogP contribution is 2.33. The molecule has 2 aromatic rings. The van der Waals surface area contributed by atoms with Crippen molar-refractivity contribution in [2.75, 3.05) is 18.5 Å². The van der Waals surface area contributed by atoms with E-state index in [-0.39, 0.29) is 33.9 Å². The maximum atomic E-state index is 12.8. The standard InChI is InChI=1S/C21H14ClF3N2O5/c1-2-7-27-18(29)13-5-3-11(8-14(13)19(27)30)20(31)32-10-17(28)26-16-9-12(21(23,24)25)4-6-15(16)22/h2-6,8-9H,1,7,10H2,(H,26,28). The summed E-state index contributed by atoms with van der Waals surface area (Å²) in [6.45, 7) is 2.66. The van der Waals surface area contributed by atoms with E-state index < -0.39 is 42.0 Å². The molecule has 3 amide bonds. The van der Waals surface area contributed by atoms with Crippen LogP contribution in [0.5, 0.6) is 0 Å². The highest BCUT2D eigenvalue weighted by Gasteiger charge is 2.35. The van der Waals surface area contributed by atoms with E-state index in [9.17, 15) is 32.3 Å². The van der Waals surface area contributed by atoms with Crippen LogP contribution in [0.4, 0.5) is 18.9 Å². The minimum atomic E-state index is -4.63. The molecule has 0 aliphatic carbocycles. The number of nitrogens with zero attached hydrogens (tertiary/aromatic N) is 1. The fraction of sp³-hybridized carbons (Fsp3) is 0.143. The van der Waals surface area contributed by atoms with Gasteiger partial charge in [-0.3, -0.25) is 19.3 Å². The first-order valence-corrected chi connectivity index (χ1v) is 9.35. The number of benzene rings is 2. The van der Waals surface area contributed by atoms with Crippen molar-refractivity contribution in [3.63, 3.8) is 0 Å². The zero-order valence-corrected chi connectivity index (χ0v) is 16.9. The minimum absolute atomic E-state index is 0.00436. The quantitative estimate of drug-likeness (QED) is 0.395. The van der Waals surface area contributed by atoms with Gasteiger partial charge >= 0.3 is 12.1 Å². The number of anilines is 1. The van der Waals surface area contributed by atoms with Gasteiger partial charge in [0.2, 0.25) is 0 Å². The topological polar surface area (TPSA) is 92.8 Å². The van der Waals surface area contributed by atoms with Gasteiger partial charge in [-0.15, -0.1) is 6.58 Å². The molecule has 0 bridgehead atoms. The van der Waals surface area contributed by atoms with E-state index in [0.29, 0.717) is 6.07 Å². The number of esters is 1. The van der Waals surface area contributed by atoms with Crippen LogP contribution in [0.15, 0.2) is 49.1 Å². The third kappa shape index (κ3) is 4.65. The summed E-state index contributed by atoms with van der Waals surface area (Å²) < 4.78 is 43.3. The first-order valence-electron chi connectivity index (χ1n) is 8.97. The molecule has 32 heavy (non-hydrogen) atoms. The number of carbonyl (C=O) groups is 4. The van der Waals surface area contributed by atoms with Gasteiger partial charge in [0.25, 0.3) is 17.7 Å². The molecule has 0 unspecified atom stereocenters. The van der Waals surface area contributed by atoms with Gasteiger partial charge in [-0.1, -0.05) is 17.7 Å². The van der Waals surface area contributed by atoms with Crippen LogP contribution in [0.3, 0.4) is 0 Å². The Bertz CT molecular complexity index is 1150. The van der Waals surface area contributed by atoms with Gasteiger partial charge in [-0.05, 0) is 36.4 Å². The number of hydrogen-bond acceptors (Lipinski definition) is 5. The highest BCUT2D eigenvalue weighted by atomic mass is 35.5. The molecular weight excluding hydrogens is 453 g/mol. The number of amides is 3. The molecule has 0 fully saturated rings. The lowest BCUT2D eigenvalue weighted by molar-refractivity contribution is -0.137. The summed E-state index contributed by atoms with van der Waals surface area (Å²) >= 11 is 5.80. The van der Waals surface area contributed by atoms with Gasteiger partial charge in [-0.2, -0.15) is 13.2 Å². The summed E-state index contributed by atoms with van der Waals surface area (Å²) in [5.74, 6) is -3.02. The number of ether oxygens (including phenoxy) is 1. The average Bonchev–Trinajstić information content (AvgIpc) is 2.97. The van der Waals surface area contributed by atoms with E-state index in [4.69, 9.17) is 16.3 Å². The Morgan fingerprint density at radius 3 is 2.44 bits per heavy atom. The number of hydrogen-bond donors (Lipinski definition) is 1. The molecule has 2 aromatic carbocycles. The molecule has 11 heteroatoms. The smallest absolute Gasteiger partial charge is 0.416 e. The van der Waals surface area contributed by atoms with Crippen LogP contribution in [-0.4, -0.2) is 41.7 Å². The lowest BCUT2D eigenvalue weighted by Gasteiger charge is -2.12. The lowest BCUT2D eigenvalue weighted by atomic mass is 10.1. The number of fused-ring (bicyclic) bond motifs is 1. The fourth-order valence-electron chi connectivity index (χ4n) is 2.91. The van der Waals surface area contributed by atoms with Crippen molar-refractivity contribution in [2.24, 2.45) is 0 Å². The maximum absolute atomic E-state index is 12.8. The zero-order chi connectivity index (χ0) is 23.6. The van der Waals surface area contributed by atoms with Crippen LogP contribution < -0.4 is 5.32 Å². The van der Waals surface area contributed by atoms with E-state index in [0.717, 1.165) is 17.0 Å². The predicted molar refractivity (Wildman–Crippen MR) is 107 cm³/mol. The Kier molecular flexibility index (Phi) is 6.35. The van der Waals surface area contributed by atoms with E-state index >= 15 is 0 Å². The molecule has 0 atom stereocenters. The molecule has 0 aromatic heterocycles. The molecule has 3 rings (SSSR count). The SMILES string of the molecule is C=CCN1C(=O)c2ccc(C(=O)OCC(=O)Nc3cc(C(F)(F)F)ccc3Cl)cc2C1=O. The molecule has 0 saturated carbocycles. The van der Waals surface area contributed by atoms with E-state index in [1.54, 1.807) is 0 Å². The van der Waals surface area contributed by atoms with Crippen LogP contribution in [0.25, 0.3) is 0 Å². The number of carbonyl (C=O) groups excluding carboxylic acids is 4. The number of rotatable bonds is 6. The third-order valence-corrected chi connectivity index (χ3v) is 4.75. The number of imide groups is 1. The predicted octanol–water partition coefficient (Wildman–Crippen LogP) is 3.94. The number of halogens is 4. The first-order chi connectivity index (χ1) is 15.0. The Labute approximate surface area is 184 Å². The summed E-state index contributed by atoms with van der Waals surface area (Å²) in [5, 5.41) is 2.01. The number of alkyl halides is 3. The van der Waals surface area contributed by atoms with Crippen LogP contribution in [0.1, 0.15) is 36.6 Å². The second kappa shape index (κ2) is 8.83. The maximum Gasteiger partial charge on any atom is 0.416 e. The van der Waals surface area contributed by atoms with Crippen molar-refractivity contribution in [1.29, 1.82) is 0 Å². The van der Waals surface area contributed by atoms with Gasteiger partial charge in [0.05, 0.1) is 33.0 Å². The Morgan fingerprint density at radius 1 is 1.09 bits per heavy atom. The van der Waals surface area contributed by atoms with Crippen LogP contribution in [0.2, 0.25) is 5.02 Å². The Balaban J connectivity index is 1.66. The molecule has 1 heterocycles. The summed E-state index contributed by atoms with van der Waals surface area (Å²) in [6.07, 6.45) is -3.25. The summed E-state index contributed by atoms with van der Waals surface area (Å²) in [5.41, 5.74) is -1.28. The van der Waals surface area contributed by atoms with Gasteiger partial charge < -0.3 is 10.1 Å². The summed E-state index contributed by atoms with van der Waals surface area (Å²) in [6, 6.07) is 6.10. The third-order valence-electron chi connectivity index (χ3n) is 4.42. The lowest BCUT2D eigenvalue weighted by Crippen LogP contribution is -2.29. The molecule has 0 spiro atoms. The Hall–Kier alpha value is -3.66. The van der Waals surface area contributed by atoms with Gasteiger partial charge in [0, 0.05) is 6.54 Å². The minimum Gasteiger partial charge on any atom is -0.452 e. The van der Waals surface area contributed by atoms with Crippen molar-refractivity contribution in [1.82, 2.24) is 4.90 Å². The molecule has 1 aliphatic heterocycles. The van der Waals surface area contributed by atoms with Gasteiger partial charge in [-0.25, -0.2) is 4.79 Å². The normalized spacial score (nSPS) is 13.1. The van der Waals surface area contributed by atoms with Crippen molar-refractivity contribution >= 4 is 41.0 Å². The molecule has 0 radical (unpaired) electrons. The summed E-state index contributed by atoms with van der Waals surface area (Å²) in [4.78, 5) is 49.7. The highest BCUT2D eigenvalue weighted by molar-refractivity contribution is 6.33. The fourth-order valence-corrected chi connectivity index (χ4v) is 3.08. The van der Waals surface area contributed by atoms with Crippen molar-refractivity contribution in [3.8, 4) is 0 Å². The van der Waals surface area contributed by atoms with Crippen LogP contribution >= 0.6 is 11.6 Å².